The minimum absolute atomic E-state index is 0.183. The molecule has 10 heteroatoms. The third-order valence-electron chi connectivity index (χ3n) is 3.91. The Morgan fingerprint density at radius 2 is 2.14 bits per heavy atom. The van der Waals surface area contributed by atoms with Crippen LogP contribution >= 0.6 is 23.5 Å². The number of aromatic nitrogens is 2. The maximum atomic E-state index is 12.4. The molecule has 0 radical (unpaired) electrons. The van der Waals surface area contributed by atoms with E-state index in [1.165, 1.54) is 17.8 Å². The van der Waals surface area contributed by atoms with Crippen LogP contribution in [-0.4, -0.2) is 45.1 Å². The van der Waals surface area contributed by atoms with Gasteiger partial charge in [0.2, 0.25) is 0 Å². The van der Waals surface area contributed by atoms with Gasteiger partial charge in [0.1, 0.15) is 12.3 Å². The monoisotopic (exact) mass is 429 g/mol. The van der Waals surface area contributed by atoms with Gasteiger partial charge in [-0.3, -0.25) is 19.3 Å². The van der Waals surface area contributed by atoms with Crippen LogP contribution in [0, 0.1) is 0 Å². The van der Waals surface area contributed by atoms with Crippen LogP contribution in [-0.2, 0) is 14.3 Å². The summed E-state index contributed by atoms with van der Waals surface area (Å²) in [5.74, 6) is -0.750. The van der Waals surface area contributed by atoms with E-state index in [9.17, 15) is 14.4 Å². The van der Waals surface area contributed by atoms with Crippen molar-refractivity contribution in [2.75, 3.05) is 13.2 Å². The van der Waals surface area contributed by atoms with Crippen molar-refractivity contribution in [1.82, 2.24) is 14.9 Å². The molecule has 29 heavy (non-hydrogen) atoms. The summed E-state index contributed by atoms with van der Waals surface area (Å²) in [6.07, 6.45) is 1.48. The highest BCUT2D eigenvalue weighted by Crippen LogP contribution is 2.34. The number of thioether (sulfide) groups is 1. The molecule has 2 amide bonds. The number of nitrogens with one attached hydrogen (secondary N) is 1. The van der Waals surface area contributed by atoms with E-state index < -0.39 is 23.7 Å². The molecule has 1 aliphatic rings. The van der Waals surface area contributed by atoms with Crippen molar-refractivity contribution < 1.29 is 23.5 Å². The predicted octanol–water partition coefficient (Wildman–Crippen LogP) is 3.91. The van der Waals surface area contributed by atoms with Crippen molar-refractivity contribution in [3.63, 3.8) is 0 Å². The molecule has 1 saturated heterocycles. The molecule has 0 atom stereocenters. The SMILES string of the molecule is CCOC(=O)CN1C(=O)S/C(=C/c2ccc(Sc3nc4ccccc4[nH]3)o2)C1=O. The summed E-state index contributed by atoms with van der Waals surface area (Å²) in [6.45, 7) is 1.44. The molecule has 148 valence electrons. The maximum Gasteiger partial charge on any atom is 0.326 e. The van der Waals surface area contributed by atoms with E-state index in [4.69, 9.17) is 9.15 Å². The first-order chi connectivity index (χ1) is 14.0. The number of benzene rings is 1. The second-order valence-electron chi connectivity index (χ2n) is 5.89. The Hall–Kier alpha value is -2.98. The van der Waals surface area contributed by atoms with E-state index in [1.807, 2.05) is 24.3 Å². The Balaban J connectivity index is 1.46. The fraction of sp³-hybridized carbons (Fsp3) is 0.158. The first kappa shape index (κ1) is 19.3. The number of nitrogens with zero attached hydrogens (tertiary/aromatic N) is 2. The number of hydrogen-bond acceptors (Lipinski definition) is 8. The number of carbonyl (C=O) groups excluding carboxylic acids is 3. The summed E-state index contributed by atoms with van der Waals surface area (Å²) in [4.78, 5) is 44.7. The van der Waals surface area contributed by atoms with Crippen LogP contribution in [0.1, 0.15) is 12.7 Å². The molecule has 3 aromatic rings. The van der Waals surface area contributed by atoms with E-state index in [1.54, 1.807) is 19.1 Å². The number of ether oxygens (including phenoxy) is 1. The van der Waals surface area contributed by atoms with Crippen molar-refractivity contribution in [2.45, 2.75) is 17.2 Å². The van der Waals surface area contributed by atoms with Crippen LogP contribution in [0.2, 0.25) is 0 Å². The van der Waals surface area contributed by atoms with Crippen LogP contribution in [0.3, 0.4) is 0 Å². The molecule has 0 aliphatic carbocycles. The largest absolute Gasteiger partial charge is 0.465 e. The first-order valence-corrected chi connectivity index (χ1v) is 10.3. The van der Waals surface area contributed by atoms with Crippen molar-refractivity contribution in [2.24, 2.45) is 0 Å². The quantitative estimate of drug-likeness (QED) is 0.464. The lowest BCUT2D eigenvalue weighted by Gasteiger charge is -2.10. The standard InChI is InChI=1S/C19H15N3O5S2/c1-2-26-15(23)10-22-17(24)14(28-19(22)25)9-11-7-8-16(27-11)29-18-20-12-5-3-4-6-13(12)21-18/h3-9H,2,10H2,1H3,(H,20,21)/b14-9+. The van der Waals surface area contributed by atoms with Gasteiger partial charge in [0.25, 0.3) is 11.1 Å². The summed E-state index contributed by atoms with van der Waals surface area (Å²) >= 11 is 2.07. The predicted molar refractivity (Wildman–Crippen MR) is 108 cm³/mol. The molecular weight excluding hydrogens is 414 g/mol. The number of esters is 1. The number of para-hydroxylation sites is 2. The minimum atomic E-state index is -0.626. The Morgan fingerprint density at radius 1 is 1.31 bits per heavy atom. The highest BCUT2D eigenvalue weighted by atomic mass is 32.2. The number of H-pyrrole nitrogens is 1. The molecule has 8 nitrogen and oxygen atoms in total. The maximum absolute atomic E-state index is 12.4. The van der Waals surface area contributed by atoms with Gasteiger partial charge in [0.05, 0.1) is 22.5 Å². The minimum Gasteiger partial charge on any atom is -0.465 e. The summed E-state index contributed by atoms with van der Waals surface area (Å²) in [5, 5.41) is 0.751. The first-order valence-electron chi connectivity index (χ1n) is 8.67. The van der Waals surface area contributed by atoms with Crippen LogP contribution in [0.4, 0.5) is 4.79 Å². The Labute approximate surface area is 173 Å². The van der Waals surface area contributed by atoms with Crippen LogP contribution in [0.15, 0.2) is 56.0 Å². The van der Waals surface area contributed by atoms with E-state index in [0.717, 1.165) is 27.7 Å². The van der Waals surface area contributed by atoms with Crippen molar-refractivity contribution >= 4 is 57.7 Å². The van der Waals surface area contributed by atoms with E-state index in [-0.39, 0.29) is 11.5 Å². The smallest absolute Gasteiger partial charge is 0.326 e. The van der Waals surface area contributed by atoms with Crippen LogP contribution < -0.4 is 0 Å². The third-order valence-corrected chi connectivity index (χ3v) is 5.62. The molecule has 2 aromatic heterocycles. The fourth-order valence-corrected chi connectivity index (χ4v) is 4.23. The molecule has 0 saturated carbocycles. The highest BCUT2D eigenvalue weighted by molar-refractivity contribution is 8.18. The number of fused-ring (bicyclic) bond motifs is 1. The zero-order valence-corrected chi connectivity index (χ0v) is 16.8. The fourth-order valence-electron chi connectivity index (χ4n) is 2.64. The van der Waals surface area contributed by atoms with E-state index >= 15 is 0 Å². The summed E-state index contributed by atoms with van der Waals surface area (Å²) in [6, 6.07) is 11.1. The van der Waals surface area contributed by atoms with Gasteiger partial charge in [0.15, 0.2) is 10.2 Å². The number of carbonyl (C=O) groups is 3. The van der Waals surface area contributed by atoms with Crippen molar-refractivity contribution in [3.05, 3.63) is 47.1 Å². The Kier molecular flexibility index (Phi) is 5.45. The molecule has 1 N–H and O–H groups in total. The zero-order valence-electron chi connectivity index (χ0n) is 15.2. The average molecular weight is 429 g/mol. The molecule has 1 fully saturated rings. The molecule has 1 aromatic carbocycles. The average Bonchev–Trinajstić information content (AvgIpc) is 3.37. The summed E-state index contributed by atoms with van der Waals surface area (Å²) in [7, 11) is 0. The van der Waals surface area contributed by atoms with Gasteiger partial charge >= 0.3 is 5.97 Å². The normalized spacial score (nSPS) is 15.6. The highest BCUT2D eigenvalue weighted by Gasteiger charge is 2.36. The molecule has 0 unspecified atom stereocenters. The molecule has 4 rings (SSSR count). The van der Waals surface area contributed by atoms with Gasteiger partial charge in [0, 0.05) is 6.08 Å². The summed E-state index contributed by atoms with van der Waals surface area (Å²) < 4.78 is 10.5. The number of amides is 2. The van der Waals surface area contributed by atoms with Crippen LogP contribution in [0.25, 0.3) is 17.1 Å². The van der Waals surface area contributed by atoms with Gasteiger partial charge in [-0.25, -0.2) is 4.98 Å². The summed E-state index contributed by atoms with van der Waals surface area (Å²) in [5.41, 5.74) is 1.79. The number of hydrogen-bond donors (Lipinski definition) is 1. The number of rotatable bonds is 6. The van der Waals surface area contributed by atoms with Gasteiger partial charge in [-0.15, -0.1) is 0 Å². The zero-order chi connectivity index (χ0) is 20.4. The van der Waals surface area contributed by atoms with Gasteiger partial charge < -0.3 is 14.1 Å². The second-order valence-corrected chi connectivity index (χ2v) is 7.88. The lowest BCUT2D eigenvalue weighted by molar-refractivity contribution is -0.145. The number of imidazole rings is 1. The molecule has 0 spiro atoms. The lowest BCUT2D eigenvalue weighted by atomic mass is 10.3. The molecule has 1 aliphatic heterocycles. The van der Waals surface area contributed by atoms with E-state index in [0.29, 0.717) is 16.0 Å². The van der Waals surface area contributed by atoms with Crippen LogP contribution in [0.5, 0.6) is 0 Å². The third kappa shape index (κ3) is 4.22. The second kappa shape index (κ2) is 8.18. The Bertz CT molecular complexity index is 1100. The van der Waals surface area contributed by atoms with Gasteiger partial charge in [-0.1, -0.05) is 12.1 Å². The van der Waals surface area contributed by atoms with Gasteiger partial charge in [-0.2, -0.15) is 0 Å². The number of imide groups is 1. The number of aromatic amines is 1. The lowest BCUT2D eigenvalue weighted by Crippen LogP contribution is -2.34. The Morgan fingerprint density at radius 3 is 2.93 bits per heavy atom. The number of furan rings is 1. The van der Waals surface area contributed by atoms with Crippen molar-refractivity contribution in [1.29, 1.82) is 0 Å². The van der Waals surface area contributed by atoms with E-state index in [2.05, 4.69) is 9.97 Å². The van der Waals surface area contributed by atoms with Gasteiger partial charge in [-0.05, 0) is 54.7 Å². The molecule has 0 bridgehead atoms. The topological polar surface area (TPSA) is 106 Å². The van der Waals surface area contributed by atoms with Crippen molar-refractivity contribution in [3.8, 4) is 0 Å². The molecular formula is C19H15N3O5S2. The molecule has 3 heterocycles.